The summed E-state index contributed by atoms with van der Waals surface area (Å²) in [6.45, 7) is 3.47. The summed E-state index contributed by atoms with van der Waals surface area (Å²) in [6.07, 6.45) is 5.56. The van der Waals surface area contributed by atoms with E-state index in [1.807, 2.05) is 32.2 Å². The minimum Gasteiger partial charge on any atom is -0.301 e. The van der Waals surface area contributed by atoms with Gasteiger partial charge >= 0.3 is 0 Å². The molecule has 3 atom stereocenters. The van der Waals surface area contributed by atoms with Crippen molar-refractivity contribution in [2.75, 3.05) is 13.6 Å². The van der Waals surface area contributed by atoms with Crippen LogP contribution in [0.3, 0.4) is 0 Å². The zero-order chi connectivity index (χ0) is 17.6. The summed E-state index contributed by atoms with van der Waals surface area (Å²) in [5.74, 6) is -0.0691. The van der Waals surface area contributed by atoms with Crippen LogP contribution in [0.2, 0.25) is 10.0 Å². The maximum Gasteiger partial charge on any atom is 0.216 e. The predicted octanol–water partition coefficient (Wildman–Crippen LogP) is 3.31. The van der Waals surface area contributed by atoms with Gasteiger partial charge in [-0.25, -0.2) is 13.6 Å². The van der Waals surface area contributed by atoms with Crippen molar-refractivity contribution in [3.63, 3.8) is 0 Å². The molecule has 0 saturated heterocycles. The van der Waals surface area contributed by atoms with Crippen molar-refractivity contribution in [2.24, 2.45) is 11.1 Å². The zero-order valence-corrected chi connectivity index (χ0v) is 15.9. The van der Waals surface area contributed by atoms with Crippen LogP contribution in [0.15, 0.2) is 35.9 Å². The zero-order valence-electron chi connectivity index (χ0n) is 13.5. The summed E-state index contributed by atoms with van der Waals surface area (Å²) in [7, 11) is -1.55. The Kier molecular flexibility index (Phi) is 4.84. The molecule has 4 nitrogen and oxygen atoms in total. The predicted molar refractivity (Wildman–Crippen MR) is 98.8 cm³/mol. The van der Waals surface area contributed by atoms with E-state index in [2.05, 4.69) is 4.90 Å². The number of sulfonamides is 1. The normalized spacial score (nSPS) is 27.7. The first kappa shape index (κ1) is 18.0. The smallest absolute Gasteiger partial charge is 0.216 e. The molecule has 0 radical (unpaired) electrons. The molecule has 3 rings (SSSR count). The fourth-order valence-corrected chi connectivity index (χ4v) is 5.15. The minimum absolute atomic E-state index is 0.107. The minimum atomic E-state index is -3.60. The third-order valence-electron chi connectivity index (χ3n) is 4.73. The first-order valence-corrected chi connectivity index (χ1v) is 10.1. The maximum atomic E-state index is 11.7. The standard InChI is InChI=1S/C17H20Cl2N2O2S/c1-10-5-11(3-4-17(10)24(20,22)23)14-8-21(2)9-15-13(14)6-12(18)7-16(15)19/h3-7,10,14,17H,8-9H2,1-2H3,(H2,20,22,23). The van der Waals surface area contributed by atoms with E-state index in [9.17, 15) is 8.42 Å². The van der Waals surface area contributed by atoms with Gasteiger partial charge in [-0.05, 0) is 41.8 Å². The molecule has 3 unspecified atom stereocenters. The number of halogens is 2. The molecular formula is C17H20Cl2N2O2S. The average Bonchev–Trinajstić information content (AvgIpc) is 2.46. The first-order valence-electron chi connectivity index (χ1n) is 7.74. The Morgan fingerprint density at radius 3 is 2.62 bits per heavy atom. The van der Waals surface area contributed by atoms with Crippen LogP contribution in [0.1, 0.15) is 24.0 Å². The molecule has 0 aromatic heterocycles. The summed E-state index contributed by atoms with van der Waals surface area (Å²) in [4.78, 5) is 2.21. The van der Waals surface area contributed by atoms with Crippen molar-refractivity contribution in [3.05, 3.63) is 57.1 Å². The number of nitrogens with zero attached hydrogens (tertiary/aromatic N) is 1. The second-order valence-corrected chi connectivity index (χ2v) is 9.21. The number of fused-ring (bicyclic) bond motifs is 1. The van der Waals surface area contributed by atoms with E-state index in [0.29, 0.717) is 10.0 Å². The topological polar surface area (TPSA) is 63.4 Å². The molecule has 1 heterocycles. The molecule has 1 aliphatic carbocycles. The third-order valence-corrected chi connectivity index (χ3v) is 6.63. The highest BCUT2D eigenvalue weighted by Crippen LogP contribution is 2.40. The van der Waals surface area contributed by atoms with Crippen molar-refractivity contribution in [1.29, 1.82) is 0 Å². The summed E-state index contributed by atoms with van der Waals surface area (Å²) in [6, 6.07) is 3.73. The van der Waals surface area contributed by atoms with Crippen molar-refractivity contribution in [2.45, 2.75) is 24.6 Å². The van der Waals surface area contributed by atoms with Gasteiger partial charge in [0.25, 0.3) is 0 Å². The average molecular weight is 387 g/mol. The highest BCUT2D eigenvalue weighted by molar-refractivity contribution is 7.90. The van der Waals surface area contributed by atoms with Gasteiger partial charge in [-0.3, -0.25) is 0 Å². The van der Waals surface area contributed by atoms with E-state index in [1.54, 1.807) is 12.1 Å². The maximum absolute atomic E-state index is 11.7. The van der Waals surface area contributed by atoms with Crippen LogP contribution in [0.5, 0.6) is 0 Å². The van der Waals surface area contributed by atoms with Crippen LogP contribution in [0, 0.1) is 5.92 Å². The van der Waals surface area contributed by atoms with Crippen molar-refractivity contribution in [3.8, 4) is 0 Å². The lowest BCUT2D eigenvalue weighted by Crippen LogP contribution is -2.35. The number of hydrogen-bond acceptors (Lipinski definition) is 3. The van der Waals surface area contributed by atoms with Gasteiger partial charge in [0, 0.05) is 29.1 Å². The summed E-state index contributed by atoms with van der Waals surface area (Å²) in [5.41, 5.74) is 3.27. The van der Waals surface area contributed by atoms with Gasteiger partial charge in [-0.2, -0.15) is 0 Å². The number of benzene rings is 1. The van der Waals surface area contributed by atoms with Crippen LogP contribution in [-0.4, -0.2) is 32.2 Å². The fourth-order valence-electron chi connectivity index (χ4n) is 3.61. The first-order chi connectivity index (χ1) is 11.2. The van der Waals surface area contributed by atoms with Gasteiger partial charge in [-0.15, -0.1) is 0 Å². The number of likely N-dealkylation sites (N-methyl/N-ethyl adjacent to an activating group) is 1. The molecule has 0 bridgehead atoms. The monoisotopic (exact) mass is 386 g/mol. The van der Waals surface area contributed by atoms with Gasteiger partial charge in [0.05, 0.1) is 5.25 Å². The number of allylic oxidation sites excluding steroid dienone is 2. The number of rotatable bonds is 2. The van der Waals surface area contributed by atoms with E-state index in [1.165, 1.54) is 0 Å². The molecule has 2 N–H and O–H groups in total. The summed E-state index contributed by atoms with van der Waals surface area (Å²) < 4.78 is 23.3. The molecule has 2 aliphatic rings. The Hall–Kier alpha value is -0.850. The number of nitrogens with two attached hydrogens (primary N) is 1. The largest absolute Gasteiger partial charge is 0.301 e. The quantitative estimate of drug-likeness (QED) is 0.847. The van der Waals surface area contributed by atoms with Crippen LogP contribution in [-0.2, 0) is 16.6 Å². The Morgan fingerprint density at radius 1 is 1.29 bits per heavy atom. The van der Waals surface area contributed by atoms with Gasteiger partial charge in [-0.1, -0.05) is 48.4 Å². The summed E-state index contributed by atoms with van der Waals surface area (Å²) in [5, 5.41) is 5.92. The van der Waals surface area contributed by atoms with Gasteiger partial charge in [0.2, 0.25) is 10.0 Å². The molecule has 24 heavy (non-hydrogen) atoms. The Balaban J connectivity index is 2.02. The Morgan fingerprint density at radius 2 is 2.00 bits per heavy atom. The van der Waals surface area contributed by atoms with Gasteiger partial charge in [0.15, 0.2) is 0 Å². The SMILES string of the molecule is CC1C=C(C2CN(C)Cc3c(Cl)cc(Cl)cc32)C=CC1S(N)(=O)=O. The van der Waals surface area contributed by atoms with Gasteiger partial charge in [0.1, 0.15) is 0 Å². The molecule has 0 fully saturated rings. The van der Waals surface area contributed by atoms with Crippen molar-refractivity contribution >= 4 is 33.2 Å². The van der Waals surface area contributed by atoms with E-state index in [-0.39, 0.29) is 11.8 Å². The third kappa shape index (κ3) is 3.41. The fraction of sp³-hybridized carbons (Fsp3) is 0.412. The van der Waals surface area contributed by atoms with Crippen molar-refractivity contribution < 1.29 is 8.42 Å². The Bertz CT molecular complexity index is 833. The molecule has 1 aromatic carbocycles. The van der Waals surface area contributed by atoms with Gasteiger partial charge < -0.3 is 4.90 Å². The lowest BCUT2D eigenvalue weighted by molar-refractivity contribution is 0.294. The Labute approximate surface area is 153 Å². The highest BCUT2D eigenvalue weighted by Gasteiger charge is 2.32. The molecular weight excluding hydrogens is 367 g/mol. The van der Waals surface area contributed by atoms with E-state index < -0.39 is 15.3 Å². The highest BCUT2D eigenvalue weighted by atomic mass is 35.5. The lowest BCUT2D eigenvalue weighted by atomic mass is 9.81. The number of primary sulfonamides is 1. The van der Waals surface area contributed by atoms with Crippen LogP contribution < -0.4 is 5.14 Å². The second kappa shape index (κ2) is 6.46. The van der Waals surface area contributed by atoms with Crippen LogP contribution >= 0.6 is 23.2 Å². The summed E-state index contributed by atoms with van der Waals surface area (Å²) >= 11 is 12.6. The molecule has 7 heteroatoms. The lowest BCUT2D eigenvalue weighted by Gasteiger charge is -2.35. The van der Waals surface area contributed by atoms with E-state index in [4.69, 9.17) is 28.3 Å². The number of hydrogen-bond donors (Lipinski definition) is 1. The van der Waals surface area contributed by atoms with Crippen molar-refractivity contribution in [1.82, 2.24) is 4.90 Å². The molecule has 0 amide bonds. The van der Waals surface area contributed by atoms with E-state index in [0.717, 1.165) is 29.8 Å². The molecule has 1 aromatic rings. The molecule has 1 aliphatic heterocycles. The van der Waals surface area contributed by atoms with Crippen LogP contribution in [0.25, 0.3) is 0 Å². The second-order valence-electron chi connectivity index (χ2n) is 6.64. The van der Waals surface area contributed by atoms with Crippen LogP contribution in [0.4, 0.5) is 0 Å². The molecule has 0 saturated carbocycles. The molecule has 130 valence electrons. The van der Waals surface area contributed by atoms with E-state index >= 15 is 0 Å². The molecule has 0 spiro atoms.